The maximum Gasteiger partial charge on any atom is 0.345 e. The van der Waals surface area contributed by atoms with Crippen LogP contribution in [0.5, 0.6) is 0 Å². The fourth-order valence-corrected chi connectivity index (χ4v) is 4.49. The molecule has 2 bridgehead atoms. The van der Waals surface area contributed by atoms with Crippen LogP contribution >= 0.6 is 11.3 Å². The van der Waals surface area contributed by atoms with E-state index >= 15 is 0 Å². The molecule has 1 saturated heterocycles. The number of hydrogen-bond donors (Lipinski definition) is 1. The van der Waals surface area contributed by atoms with Crippen molar-refractivity contribution in [1.82, 2.24) is 15.3 Å². The molecule has 6 nitrogen and oxygen atoms in total. The van der Waals surface area contributed by atoms with Gasteiger partial charge in [-0.2, -0.15) is 5.06 Å². The molecule has 0 unspecified atom stereocenters. The molecule has 3 amide bonds. The zero-order valence-electron chi connectivity index (χ0n) is 14.1. The SMILES string of the molecule is C=CCON1C(=O)N2C[C@@H]1c1ccsc1[C@H]2C(=O)NCc1ccccc1. The summed E-state index contributed by atoms with van der Waals surface area (Å²) in [6, 6.07) is 10.6. The molecule has 0 aliphatic carbocycles. The number of fused-ring (bicyclic) bond motifs is 4. The number of benzene rings is 1. The van der Waals surface area contributed by atoms with Crippen LogP contribution in [0.25, 0.3) is 0 Å². The van der Waals surface area contributed by atoms with E-state index in [2.05, 4.69) is 11.9 Å². The van der Waals surface area contributed by atoms with E-state index in [1.54, 1.807) is 11.0 Å². The Morgan fingerprint density at radius 3 is 2.92 bits per heavy atom. The largest absolute Gasteiger partial charge is 0.350 e. The van der Waals surface area contributed by atoms with E-state index in [-0.39, 0.29) is 24.6 Å². The molecule has 2 atom stereocenters. The Bertz CT molecular complexity index is 836. The van der Waals surface area contributed by atoms with Gasteiger partial charge in [-0.15, -0.1) is 17.9 Å². The van der Waals surface area contributed by atoms with E-state index in [4.69, 9.17) is 4.84 Å². The fourth-order valence-electron chi connectivity index (χ4n) is 3.43. The van der Waals surface area contributed by atoms with E-state index in [0.29, 0.717) is 13.1 Å². The summed E-state index contributed by atoms with van der Waals surface area (Å²) in [6.07, 6.45) is 1.60. The van der Waals surface area contributed by atoms with Crippen molar-refractivity contribution in [3.63, 3.8) is 0 Å². The third kappa shape index (κ3) is 2.79. The monoisotopic (exact) mass is 369 g/mol. The molecule has 0 radical (unpaired) electrons. The minimum absolute atomic E-state index is 0.171. The molecule has 4 rings (SSSR count). The maximum atomic E-state index is 12.9. The lowest BCUT2D eigenvalue weighted by Crippen LogP contribution is -2.42. The number of urea groups is 1. The first kappa shape index (κ1) is 16.8. The van der Waals surface area contributed by atoms with Gasteiger partial charge in [0.1, 0.15) is 12.1 Å². The standard InChI is InChI=1S/C19H19N3O3S/c1-2-9-25-22-15-12-21(19(22)24)16(17-14(15)8-10-26-17)18(23)20-11-13-6-4-3-5-7-13/h2-8,10,15-16H,1,9,11-12H2,(H,20,23)/t15-,16+/m1/s1. The second kappa shape index (κ2) is 6.93. The van der Waals surface area contributed by atoms with Gasteiger partial charge in [0.25, 0.3) is 0 Å². The summed E-state index contributed by atoms with van der Waals surface area (Å²) in [7, 11) is 0. The van der Waals surface area contributed by atoms with Crippen LogP contribution in [0.4, 0.5) is 4.79 Å². The molecule has 1 aromatic heterocycles. The summed E-state index contributed by atoms with van der Waals surface area (Å²) in [5.74, 6) is -0.171. The van der Waals surface area contributed by atoms with Crippen LogP contribution in [-0.4, -0.2) is 35.1 Å². The molecule has 1 fully saturated rings. The molecule has 0 saturated carbocycles. The molecule has 2 aliphatic rings. The lowest BCUT2D eigenvalue weighted by molar-refractivity contribution is -0.126. The highest BCUT2D eigenvalue weighted by Gasteiger charge is 2.51. The van der Waals surface area contributed by atoms with Gasteiger partial charge in [0.15, 0.2) is 0 Å². The second-order valence-corrected chi connectivity index (χ2v) is 7.15. The maximum absolute atomic E-state index is 12.9. The summed E-state index contributed by atoms with van der Waals surface area (Å²) in [5.41, 5.74) is 2.01. The van der Waals surface area contributed by atoms with E-state index in [1.165, 1.54) is 16.4 Å². The quantitative estimate of drug-likeness (QED) is 0.796. The first-order chi connectivity index (χ1) is 12.7. The number of hydroxylamine groups is 2. The van der Waals surface area contributed by atoms with Crippen molar-refractivity contribution in [2.24, 2.45) is 0 Å². The molecule has 1 aromatic carbocycles. The van der Waals surface area contributed by atoms with E-state index < -0.39 is 6.04 Å². The van der Waals surface area contributed by atoms with Crippen molar-refractivity contribution in [3.05, 3.63) is 70.4 Å². The third-order valence-electron chi connectivity index (χ3n) is 4.62. The van der Waals surface area contributed by atoms with Crippen molar-refractivity contribution in [2.75, 3.05) is 13.2 Å². The van der Waals surface area contributed by atoms with E-state index in [0.717, 1.165) is 16.0 Å². The van der Waals surface area contributed by atoms with Crippen LogP contribution in [0.1, 0.15) is 28.1 Å². The molecule has 1 N–H and O–H groups in total. The smallest absolute Gasteiger partial charge is 0.345 e. The van der Waals surface area contributed by atoms with Gasteiger partial charge in [0.05, 0.1) is 13.2 Å². The predicted octanol–water partition coefficient (Wildman–Crippen LogP) is 3.02. The van der Waals surface area contributed by atoms with Crippen LogP contribution in [0, 0.1) is 0 Å². The zero-order valence-corrected chi connectivity index (χ0v) is 14.9. The number of carbonyl (C=O) groups excluding carboxylic acids is 2. The first-order valence-corrected chi connectivity index (χ1v) is 9.31. The Labute approximate surface area is 155 Å². The Morgan fingerprint density at radius 2 is 2.15 bits per heavy atom. The van der Waals surface area contributed by atoms with Crippen LogP contribution in [0.2, 0.25) is 0 Å². The van der Waals surface area contributed by atoms with Crippen LogP contribution in [-0.2, 0) is 16.2 Å². The lowest BCUT2D eigenvalue weighted by atomic mass is 9.99. The van der Waals surface area contributed by atoms with Gasteiger partial charge in [0.2, 0.25) is 5.91 Å². The number of carbonyl (C=O) groups is 2. The summed E-state index contributed by atoms with van der Waals surface area (Å²) >= 11 is 1.50. The number of rotatable bonds is 6. The summed E-state index contributed by atoms with van der Waals surface area (Å²) in [6.45, 7) is 4.75. The van der Waals surface area contributed by atoms with E-state index in [9.17, 15) is 9.59 Å². The average Bonchev–Trinajstić information content (AvgIpc) is 3.25. The van der Waals surface area contributed by atoms with Gasteiger partial charge in [-0.25, -0.2) is 4.79 Å². The molecular weight excluding hydrogens is 350 g/mol. The summed E-state index contributed by atoms with van der Waals surface area (Å²) in [4.78, 5) is 33.7. The van der Waals surface area contributed by atoms with Crippen molar-refractivity contribution >= 4 is 23.3 Å². The van der Waals surface area contributed by atoms with Crippen LogP contribution in [0.3, 0.4) is 0 Å². The van der Waals surface area contributed by atoms with Gasteiger partial charge in [-0.3, -0.25) is 9.63 Å². The predicted molar refractivity (Wildman–Crippen MR) is 98.2 cm³/mol. The Morgan fingerprint density at radius 1 is 1.35 bits per heavy atom. The van der Waals surface area contributed by atoms with Gasteiger partial charge in [-0.1, -0.05) is 36.4 Å². The molecule has 2 aliphatic heterocycles. The summed E-state index contributed by atoms with van der Waals surface area (Å²) in [5, 5.41) is 6.29. The highest BCUT2D eigenvalue weighted by molar-refractivity contribution is 7.10. The molecule has 134 valence electrons. The van der Waals surface area contributed by atoms with Gasteiger partial charge >= 0.3 is 6.03 Å². The van der Waals surface area contributed by atoms with Crippen molar-refractivity contribution < 1.29 is 14.4 Å². The van der Waals surface area contributed by atoms with E-state index in [1.807, 2.05) is 41.8 Å². The van der Waals surface area contributed by atoms with Crippen molar-refractivity contribution in [2.45, 2.75) is 18.6 Å². The van der Waals surface area contributed by atoms with Crippen molar-refractivity contribution in [3.8, 4) is 0 Å². The Kier molecular flexibility index (Phi) is 4.48. The summed E-state index contributed by atoms with van der Waals surface area (Å²) < 4.78 is 0. The van der Waals surface area contributed by atoms with Gasteiger partial charge < -0.3 is 10.2 Å². The fraction of sp³-hybridized carbons (Fsp3) is 0.263. The highest BCUT2D eigenvalue weighted by atomic mass is 32.1. The molecule has 26 heavy (non-hydrogen) atoms. The number of nitrogens with one attached hydrogen (secondary N) is 1. The molecular formula is C19H19N3O3S. The second-order valence-electron chi connectivity index (χ2n) is 6.21. The van der Waals surface area contributed by atoms with Crippen LogP contribution < -0.4 is 5.32 Å². The molecule has 2 aromatic rings. The average molecular weight is 369 g/mol. The van der Waals surface area contributed by atoms with Gasteiger partial charge in [0, 0.05) is 11.4 Å². The first-order valence-electron chi connectivity index (χ1n) is 8.43. The number of hydrogen-bond acceptors (Lipinski definition) is 4. The number of amides is 3. The van der Waals surface area contributed by atoms with Gasteiger partial charge in [-0.05, 0) is 22.6 Å². The third-order valence-corrected chi connectivity index (χ3v) is 5.61. The molecule has 0 spiro atoms. The Hall–Kier alpha value is -2.64. The molecule has 7 heteroatoms. The highest BCUT2D eigenvalue weighted by Crippen LogP contribution is 2.46. The zero-order chi connectivity index (χ0) is 18.1. The Balaban J connectivity index is 1.56. The minimum atomic E-state index is -0.616. The van der Waals surface area contributed by atoms with Crippen molar-refractivity contribution in [1.29, 1.82) is 0 Å². The number of nitrogens with zero attached hydrogens (tertiary/aromatic N) is 2. The number of thiophene rings is 1. The molecule has 3 heterocycles. The lowest BCUT2D eigenvalue weighted by Gasteiger charge is -2.29. The topological polar surface area (TPSA) is 61.9 Å². The van der Waals surface area contributed by atoms with Crippen LogP contribution in [0.15, 0.2) is 54.4 Å². The normalized spacial score (nSPS) is 20.8. The minimum Gasteiger partial charge on any atom is -0.350 e.